The average molecular weight is 299 g/mol. The molecule has 6 heteroatoms. The van der Waals surface area contributed by atoms with E-state index in [1.54, 1.807) is 18.2 Å². The predicted molar refractivity (Wildman–Crippen MR) is 69.3 cm³/mol. The molecular formula is C13H8ClFO3S. The molecule has 2 aromatic carbocycles. The summed E-state index contributed by atoms with van der Waals surface area (Å²) in [6.45, 7) is 0. The van der Waals surface area contributed by atoms with Crippen LogP contribution in [0, 0.1) is 5.82 Å². The van der Waals surface area contributed by atoms with Crippen molar-refractivity contribution in [3.8, 4) is 0 Å². The third kappa shape index (κ3) is 3.00. The number of hydrogen-bond acceptors (Lipinski definition) is 3. The number of halogens is 2. The van der Waals surface area contributed by atoms with Gasteiger partial charge in [0.2, 0.25) is 0 Å². The van der Waals surface area contributed by atoms with Gasteiger partial charge in [0.1, 0.15) is 5.82 Å². The van der Waals surface area contributed by atoms with Crippen molar-refractivity contribution in [2.24, 2.45) is 0 Å². The molecule has 0 aliphatic heterocycles. The van der Waals surface area contributed by atoms with Gasteiger partial charge in [0.15, 0.2) is 5.78 Å². The molecule has 0 fully saturated rings. The zero-order valence-corrected chi connectivity index (χ0v) is 11.1. The van der Waals surface area contributed by atoms with Crippen molar-refractivity contribution < 1.29 is 17.6 Å². The van der Waals surface area contributed by atoms with Crippen LogP contribution in [-0.4, -0.2) is 14.2 Å². The van der Waals surface area contributed by atoms with Crippen LogP contribution in [0.2, 0.25) is 0 Å². The van der Waals surface area contributed by atoms with Crippen LogP contribution in [-0.2, 0) is 9.05 Å². The maximum absolute atomic E-state index is 13.2. The molecule has 19 heavy (non-hydrogen) atoms. The number of benzene rings is 2. The highest BCUT2D eigenvalue weighted by atomic mass is 35.7. The molecule has 0 saturated heterocycles. The molecule has 0 radical (unpaired) electrons. The van der Waals surface area contributed by atoms with Crippen LogP contribution in [0.5, 0.6) is 0 Å². The van der Waals surface area contributed by atoms with Crippen molar-refractivity contribution in [2.45, 2.75) is 4.90 Å². The van der Waals surface area contributed by atoms with E-state index in [1.807, 2.05) is 0 Å². The molecule has 0 aromatic heterocycles. The minimum absolute atomic E-state index is 0.259. The average Bonchev–Trinajstić information content (AvgIpc) is 2.37. The van der Waals surface area contributed by atoms with Gasteiger partial charge in [0, 0.05) is 21.8 Å². The molecule has 0 N–H and O–H groups in total. The second-order valence-corrected chi connectivity index (χ2v) is 6.31. The summed E-state index contributed by atoms with van der Waals surface area (Å²) in [5, 5.41) is 0. The molecule has 2 aromatic rings. The van der Waals surface area contributed by atoms with E-state index in [2.05, 4.69) is 0 Å². The number of rotatable bonds is 3. The lowest BCUT2D eigenvalue weighted by atomic mass is 10.0. The van der Waals surface area contributed by atoms with Crippen LogP contribution in [0.1, 0.15) is 15.9 Å². The van der Waals surface area contributed by atoms with Crippen LogP contribution >= 0.6 is 10.7 Å². The Kier molecular flexibility index (Phi) is 3.68. The minimum Gasteiger partial charge on any atom is -0.289 e. The molecular weight excluding hydrogens is 291 g/mol. The van der Waals surface area contributed by atoms with E-state index in [1.165, 1.54) is 12.1 Å². The number of carbonyl (C=O) groups is 1. The topological polar surface area (TPSA) is 51.2 Å². The minimum atomic E-state index is -4.12. The Hall–Kier alpha value is -1.72. The maximum atomic E-state index is 13.2. The molecule has 0 spiro atoms. The molecule has 0 unspecified atom stereocenters. The van der Waals surface area contributed by atoms with Gasteiger partial charge in [0.05, 0.1) is 4.90 Å². The van der Waals surface area contributed by atoms with Gasteiger partial charge in [-0.25, -0.2) is 12.8 Å². The van der Waals surface area contributed by atoms with Crippen molar-refractivity contribution in [3.63, 3.8) is 0 Å². The van der Waals surface area contributed by atoms with Gasteiger partial charge in [0.25, 0.3) is 9.05 Å². The highest BCUT2D eigenvalue weighted by Gasteiger charge is 2.22. The second-order valence-electron chi connectivity index (χ2n) is 3.77. The quantitative estimate of drug-likeness (QED) is 0.646. The molecule has 3 nitrogen and oxygen atoms in total. The lowest BCUT2D eigenvalue weighted by molar-refractivity contribution is 0.103. The van der Waals surface area contributed by atoms with Crippen LogP contribution in [0.3, 0.4) is 0 Å². The summed E-state index contributed by atoms with van der Waals surface area (Å²) in [5.74, 6) is -1.30. The van der Waals surface area contributed by atoms with E-state index in [0.29, 0.717) is 0 Å². The third-order valence-corrected chi connectivity index (χ3v) is 3.86. The summed E-state index contributed by atoms with van der Waals surface area (Å²) in [5.41, 5.74) is -0.0177. The SMILES string of the molecule is O=C(c1ccccc1)c1cc(F)ccc1S(=O)(=O)Cl. The van der Waals surface area contributed by atoms with E-state index < -0.39 is 25.5 Å². The smallest absolute Gasteiger partial charge is 0.262 e. The number of carbonyl (C=O) groups excluding carboxylic acids is 1. The van der Waals surface area contributed by atoms with Crippen molar-refractivity contribution in [1.29, 1.82) is 0 Å². The first-order chi connectivity index (χ1) is 8.89. The molecule has 98 valence electrons. The maximum Gasteiger partial charge on any atom is 0.262 e. The van der Waals surface area contributed by atoms with Crippen LogP contribution < -0.4 is 0 Å². The van der Waals surface area contributed by atoms with Crippen molar-refractivity contribution >= 4 is 25.5 Å². The van der Waals surface area contributed by atoms with Gasteiger partial charge >= 0.3 is 0 Å². The van der Waals surface area contributed by atoms with Crippen molar-refractivity contribution in [2.75, 3.05) is 0 Å². The second kappa shape index (κ2) is 5.11. The Morgan fingerprint density at radius 2 is 1.68 bits per heavy atom. The summed E-state index contributed by atoms with van der Waals surface area (Å²) in [4.78, 5) is 11.8. The molecule has 0 aliphatic carbocycles. The molecule has 0 atom stereocenters. The molecule has 2 rings (SSSR count). The van der Waals surface area contributed by atoms with Crippen molar-refractivity contribution in [3.05, 3.63) is 65.5 Å². The fourth-order valence-electron chi connectivity index (χ4n) is 1.64. The Balaban J connectivity index is 2.62. The Labute approximate surface area is 114 Å². The first-order valence-corrected chi connectivity index (χ1v) is 7.54. The third-order valence-electron chi connectivity index (χ3n) is 2.48. The van der Waals surface area contributed by atoms with Gasteiger partial charge in [-0.2, -0.15) is 0 Å². The highest BCUT2D eigenvalue weighted by Crippen LogP contribution is 2.23. The lowest BCUT2D eigenvalue weighted by Crippen LogP contribution is -2.07. The number of ketones is 1. The van der Waals surface area contributed by atoms with Gasteiger partial charge in [-0.3, -0.25) is 4.79 Å². The standard InChI is InChI=1S/C13H8ClFO3S/c14-19(17,18)12-7-6-10(15)8-11(12)13(16)9-4-2-1-3-5-9/h1-8H. The van der Waals surface area contributed by atoms with Crippen molar-refractivity contribution in [1.82, 2.24) is 0 Å². The van der Waals surface area contributed by atoms with E-state index in [-0.39, 0.29) is 11.1 Å². The summed E-state index contributed by atoms with van der Waals surface area (Å²) in [6.07, 6.45) is 0. The summed E-state index contributed by atoms with van der Waals surface area (Å²) < 4.78 is 36.0. The Morgan fingerprint density at radius 1 is 1.05 bits per heavy atom. The monoisotopic (exact) mass is 298 g/mol. The van der Waals surface area contributed by atoms with Crippen LogP contribution in [0.25, 0.3) is 0 Å². The molecule has 0 amide bonds. The fourth-order valence-corrected chi connectivity index (χ4v) is 2.69. The van der Waals surface area contributed by atoms with E-state index >= 15 is 0 Å². The van der Waals surface area contributed by atoms with Gasteiger partial charge < -0.3 is 0 Å². The van der Waals surface area contributed by atoms with Crippen LogP contribution in [0.4, 0.5) is 4.39 Å². The normalized spacial score (nSPS) is 11.3. The Bertz CT molecular complexity index is 727. The molecule has 0 bridgehead atoms. The van der Waals surface area contributed by atoms with E-state index in [4.69, 9.17) is 10.7 Å². The summed E-state index contributed by atoms with van der Waals surface area (Å²) >= 11 is 0. The fraction of sp³-hybridized carbons (Fsp3) is 0. The van der Waals surface area contributed by atoms with E-state index in [0.717, 1.165) is 18.2 Å². The Morgan fingerprint density at radius 3 is 2.26 bits per heavy atom. The largest absolute Gasteiger partial charge is 0.289 e. The summed E-state index contributed by atoms with van der Waals surface area (Å²) in [6, 6.07) is 10.8. The van der Waals surface area contributed by atoms with Gasteiger partial charge in [-0.1, -0.05) is 30.3 Å². The zero-order chi connectivity index (χ0) is 14.0. The molecule has 0 aliphatic rings. The zero-order valence-electron chi connectivity index (χ0n) is 9.51. The lowest BCUT2D eigenvalue weighted by Gasteiger charge is -2.06. The van der Waals surface area contributed by atoms with Gasteiger partial charge in [-0.05, 0) is 18.2 Å². The molecule has 0 heterocycles. The van der Waals surface area contributed by atoms with Gasteiger partial charge in [-0.15, -0.1) is 0 Å². The van der Waals surface area contributed by atoms with E-state index in [9.17, 15) is 17.6 Å². The number of hydrogen-bond donors (Lipinski definition) is 0. The summed E-state index contributed by atoms with van der Waals surface area (Å²) in [7, 11) is 1.13. The van der Waals surface area contributed by atoms with Crippen LogP contribution in [0.15, 0.2) is 53.4 Å². The highest BCUT2D eigenvalue weighted by molar-refractivity contribution is 8.13. The first-order valence-electron chi connectivity index (χ1n) is 5.23. The first kappa shape index (κ1) is 13.7. The molecule has 0 saturated carbocycles. The predicted octanol–water partition coefficient (Wildman–Crippen LogP) is 2.98.